The second kappa shape index (κ2) is 10.9. The first-order valence-corrected chi connectivity index (χ1v) is 16.3. The van der Waals surface area contributed by atoms with Gasteiger partial charge in [0, 0.05) is 27.5 Å². The topological polar surface area (TPSA) is 57.0 Å². The fourth-order valence-corrected chi connectivity index (χ4v) is 6.93. The highest BCUT2D eigenvalue weighted by molar-refractivity contribution is 6.12. The summed E-state index contributed by atoms with van der Waals surface area (Å²) in [5, 5.41) is 2.16. The van der Waals surface area contributed by atoms with Gasteiger partial charge in [0.2, 0.25) is 11.8 Å². The van der Waals surface area contributed by atoms with Gasteiger partial charge in [0.05, 0.1) is 16.7 Å². The molecule has 49 heavy (non-hydrogen) atoms. The third-order valence-electron chi connectivity index (χ3n) is 9.28. The van der Waals surface area contributed by atoms with Crippen LogP contribution in [0.5, 0.6) is 0 Å². The molecule has 7 aromatic carbocycles. The molecular weight excluding hydrogens is 603 g/mol. The summed E-state index contributed by atoms with van der Waals surface area (Å²) in [6.07, 6.45) is 0. The molecular formula is C44H27N3O2. The summed E-state index contributed by atoms with van der Waals surface area (Å²) in [4.78, 5) is 9.64. The van der Waals surface area contributed by atoms with Crippen molar-refractivity contribution in [3.05, 3.63) is 164 Å². The van der Waals surface area contributed by atoms with E-state index in [1.807, 2.05) is 48.5 Å². The van der Waals surface area contributed by atoms with Gasteiger partial charge >= 0.3 is 0 Å². The van der Waals surface area contributed by atoms with Gasteiger partial charge in [-0.05, 0) is 89.5 Å². The standard InChI is InChI=1S/C44H27N3O2/c1-3-11-28(12-4-1)30-19-22-38(33(25-30)29-13-5-2-6-14-29)47-39-23-20-31(43-45-36-15-7-9-17-41(36)48-43)26-34(39)35-27-32(21-24-40(35)47)44-46-37-16-8-10-18-42(37)49-44/h1-27H. The Morgan fingerprint density at radius 2 is 0.878 bits per heavy atom. The van der Waals surface area contributed by atoms with E-state index in [4.69, 9.17) is 18.8 Å². The minimum absolute atomic E-state index is 0.594. The minimum Gasteiger partial charge on any atom is -0.436 e. The lowest BCUT2D eigenvalue weighted by Crippen LogP contribution is -1.98. The van der Waals surface area contributed by atoms with Crippen molar-refractivity contribution in [3.8, 4) is 50.8 Å². The number of para-hydroxylation sites is 4. The molecule has 0 radical (unpaired) electrons. The molecule has 0 aliphatic heterocycles. The van der Waals surface area contributed by atoms with Crippen LogP contribution in [0, 0.1) is 0 Å². The molecule has 0 N–H and O–H groups in total. The van der Waals surface area contributed by atoms with Crippen molar-refractivity contribution in [3.63, 3.8) is 0 Å². The highest BCUT2D eigenvalue weighted by Gasteiger charge is 2.20. The van der Waals surface area contributed by atoms with Crippen LogP contribution in [0.1, 0.15) is 0 Å². The number of rotatable bonds is 5. The largest absolute Gasteiger partial charge is 0.436 e. The molecule has 0 fully saturated rings. The van der Waals surface area contributed by atoms with Crippen LogP contribution in [0.4, 0.5) is 0 Å². The van der Waals surface area contributed by atoms with Gasteiger partial charge in [0.1, 0.15) is 11.0 Å². The minimum atomic E-state index is 0.594. The first-order valence-electron chi connectivity index (χ1n) is 16.3. The molecule has 0 aliphatic rings. The van der Waals surface area contributed by atoms with Crippen LogP contribution in [-0.4, -0.2) is 14.5 Å². The molecule has 0 saturated carbocycles. The lowest BCUT2D eigenvalue weighted by Gasteiger charge is -2.16. The maximum atomic E-state index is 6.22. The van der Waals surface area contributed by atoms with Gasteiger partial charge in [-0.1, -0.05) is 91.0 Å². The van der Waals surface area contributed by atoms with Crippen LogP contribution in [0.15, 0.2) is 173 Å². The van der Waals surface area contributed by atoms with Crippen LogP contribution >= 0.6 is 0 Å². The van der Waals surface area contributed by atoms with Crippen molar-refractivity contribution >= 4 is 44.0 Å². The molecule has 0 unspecified atom stereocenters. The summed E-state index contributed by atoms with van der Waals surface area (Å²) in [6.45, 7) is 0. The van der Waals surface area contributed by atoms with Crippen LogP contribution < -0.4 is 0 Å². The average Bonchev–Trinajstić information content (AvgIpc) is 3.89. The number of oxazole rings is 2. The lowest BCUT2D eigenvalue weighted by molar-refractivity contribution is 0.619. The van der Waals surface area contributed by atoms with Gasteiger partial charge in [-0.2, -0.15) is 0 Å². The number of nitrogens with zero attached hydrogens (tertiary/aromatic N) is 3. The summed E-state index contributed by atoms with van der Waals surface area (Å²) in [5.41, 5.74) is 12.9. The Morgan fingerprint density at radius 3 is 1.43 bits per heavy atom. The summed E-state index contributed by atoms with van der Waals surface area (Å²) in [6, 6.07) is 56.6. The second-order valence-electron chi connectivity index (χ2n) is 12.2. The molecule has 3 heterocycles. The number of benzene rings is 7. The van der Waals surface area contributed by atoms with E-state index in [0.717, 1.165) is 71.9 Å². The molecule has 0 aliphatic carbocycles. The molecule has 0 spiro atoms. The highest BCUT2D eigenvalue weighted by atomic mass is 16.4. The normalized spacial score (nSPS) is 11.7. The van der Waals surface area contributed by atoms with E-state index >= 15 is 0 Å². The summed E-state index contributed by atoms with van der Waals surface area (Å²) < 4.78 is 14.8. The molecule has 3 aromatic heterocycles. The Kier molecular flexibility index (Phi) is 6.11. The van der Waals surface area contributed by atoms with E-state index in [-0.39, 0.29) is 0 Å². The molecule has 230 valence electrons. The monoisotopic (exact) mass is 629 g/mol. The summed E-state index contributed by atoms with van der Waals surface area (Å²) >= 11 is 0. The van der Waals surface area contributed by atoms with Crippen molar-refractivity contribution in [2.45, 2.75) is 0 Å². The van der Waals surface area contributed by atoms with E-state index in [9.17, 15) is 0 Å². The molecule has 5 nitrogen and oxygen atoms in total. The maximum absolute atomic E-state index is 6.22. The van der Waals surface area contributed by atoms with E-state index in [0.29, 0.717) is 11.8 Å². The van der Waals surface area contributed by atoms with Crippen molar-refractivity contribution in [1.82, 2.24) is 14.5 Å². The molecule has 0 saturated heterocycles. The van der Waals surface area contributed by atoms with Gasteiger partial charge < -0.3 is 13.4 Å². The Balaban J connectivity index is 1.24. The first kappa shape index (κ1) is 27.4. The maximum Gasteiger partial charge on any atom is 0.227 e. The van der Waals surface area contributed by atoms with Crippen molar-refractivity contribution in [2.75, 3.05) is 0 Å². The molecule has 10 rings (SSSR count). The van der Waals surface area contributed by atoms with E-state index < -0.39 is 0 Å². The van der Waals surface area contributed by atoms with E-state index in [2.05, 4.69) is 120 Å². The van der Waals surface area contributed by atoms with E-state index in [1.54, 1.807) is 0 Å². The quantitative estimate of drug-likeness (QED) is 0.190. The van der Waals surface area contributed by atoms with Crippen LogP contribution in [0.2, 0.25) is 0 Å². The Labute approximate surface area is 281 Å². The first-order chi connectivity index (χ1) is 24.3. The number of hydrogen-bond donors (Lipinski definition) is 0. The van der Waals surface area contributed by atoms with Crippen molar-refractivity contribution in [2.24, 2.45) is 0 Å². The van der Waals surface area contributed by atoms with Crippen molar-refractivity contribution < 1.29 is 8.83 Å². The average molecular weight is 630 g/mol. The van der Waals surface area contributed by atoms with Crippen LogP contribution in [-0.2, 0) is 0 Å². The molecule has 10 aromatic rings. The number of aromatic nitrogens is 3. The second-order valence-corrected chi connectivity index (χ2v) is 12.2. The van der Waals surface area contributed by atoms with Gasteiger partial charge in [0.15, 0.2) is 11.2 Å². The Morgan fingerprint density at radius 1 is 0.388 bits per heavy atom. The zero-order valence-electron chi connectivity index (χ0n) is 26.2. The molecule has 5 heteroatoms. The summed E-state index contributed by atoms with van der Waals surface area (Å²) in [7, 11) is 0. The van der Waals surface area contributed by atoms with Crippen molar-refractivity contribution in [1.29, 1.82) is 0 Å². The zero-order chi connectivity index (χ0) is 32.3. The van der Waals surface area contributed by atoms with Gasteiger partial charge in [-0.3, -0.25) is 0 Å². The van der Waals surface area contributed by atoms with E-state index in [1.165, 1.54) is 11.1 Å². The molecule has 0 bridgehead atoms. The van der Waals surface area contributed by atoms with Gasteiger partial charge in [-0.15, -0.1) is 0 Å². The summed E-state index contributed by atoms with van der Waals surface area (Å²) in [5.74, 6) is 1.19. The third-order valence-corrected chi connectivity index (χ3v) is 9.28. The highest BCUT2D eigenvalue weighted by Crippen LogP contribution is 2.41. The number of hydrogen-bond acceptors (Lipinski definition) is 4. The Bertz CT molecular complexity index is 2630. The van der Waals surface area contributed by atoms with Gasteiger partial charge in [0.25, 0.3) is 0 Å². The third kappa shape index (κ3) is 4.55. The van der Waals surface area contributed by atoms with Crippen LogP contribution in [0.25, 0.3) is 94.9 Å². The fraction of sp³-hybridized carbons (Fsp3) is 0. The Hall–Kier alpha value is -6.72. The smallest absolute Gasteiger partial charge is 0.227 e. The zero-order valence-corrected chi connectivity index (χ0v) is 26.2. The van der Waals surface area contributed by atoms with Crippen LogP contribution in [0.3, 0.4) is 0 Å². The molecule has 0 atom stereocenters. The molecule has 0 amide bonds. The fourth-order valence-electron chi connectivity index (χ4n) is 6.93. The predicted octanol–water partition coefficient (Wildman–Crippen LogP) is 11.7. The van der Waals surface area contributed by atoms with Gasteiger partial charge in [-0.25, -0.2) is 9.97 Å². The lowest BCUT2D eigenvalue weighted by atomic mass is 9.97. The predicted molar refractivity (Wildman–Crippen MR) is 198 cm³/mol. The number of fused-ring (bicyclic) bond motifs is 5. The SMILES string of the molecule is c1ccc(-c2ccc(-n3c4ccc(-c5nc6ccccc6o5)cc4c4cc(-c5nc6ccccc6o5)ccc43)c(-c3ccccc3)c2)cc1.